The monoisotopic (exact) mass is 197 g/mol. The molecule has 0 radical (unpaired) electrons. The lowest BCUT2D eigenvalue weighted by Crippen LogP contribution is -1.89. The van der Waals surface area contributed by atoms with Crippen LogP contribution in [0.1, 0.15) is 18.7 Å². The van der Waals surface area contributed by atoms with Gasteiger partial charge < -0.3 is 10.1 Å². The molecule has 1 heterocycles. The van der Waals surface area contributed by atoms with E-state index in [9.17, 15) is 13.9 Å². The number of fused-ring (bicyclic) bond motifs is 1. The average molecular weight is 197 g/mol. The summed E-state index contributed by atoms with van der Waals surface area (Å²) in [5, 5.41) is 9.67. The van der Waals surface area contributed by atoms with E-state index in [-0.39, 0.29) is 5.52 Å². The molecule has 0 saturated heterocycles. The second kappa shape index (κ2) is 3.06. The van der Waals surface area contributed by atoms with E-state index in [0.717, 1.165) is 6.07 Å². The van der Waals surface area contributed by atoms with Crippen LogP contribution in [0.4, 0.5) is 8.78 Å². The van der Waals surface area contributed by atoms with Gasteiger partial charge in [-0.25, -0.2) is 8.78 Å². The molecule has 0 spiro atoms. The molecule has 2 aromatic rings. The summed E-state index contributed by atoms with van der Waals surface area (Å²) in [5.74, 6) is -1.27. The fraction of sp³-hybridized carbons (Fsp3) is 0.200. The van der Waals surface area contributed by atoms with E-state index in [1.807, 2.05) is 0 Å². The third kappa shape index (κ3) is 1.37. The molecule has 0 fully saturated rings. The number of aromatic nitrogens is 1. The van der Waals surface area contributed by atoms with Gasteiger partial charge in [0, 0.05) is 17.1 Å². The first-order valence-corrected chi connectivity index (χ1v) is 4.23. The summed E-state index contributed by atoms with van der Waals surface area (Å²) in [5.41, 5.74) is 0.701. The third-order valence-electron chi connectivity index (χ3n) is 2.12. The van der Waals surface area contributed by atoms with Gasteiger partial charge >= 0.3 is 0 Å². The highest BCUT2D eigenvalue weighted by molar-refractivity contribution is 5.81. The second-order valence-corrected chi connectivity index (χ2v) is 3.25. The predicted octanol–water partition coefficient (Wildman–Crippen LogP) is 2.50. The minimum atomic E-state index is -0.718. The van der Waals surface area contributed by atoms with Crippen LogP contribution in [0.5, 0.6) is 0 Å². The van der Waals surface area contributed by atoms with Gasteiger partial charge in [-0.3, -0.25) is 0 Å². The average Bonchev–Trinajstić information content (AvgIpc) is 2.47. The predicted molar refractivity (Wildman–Crippen MR) is 48.8 cm³/mol. The summed E-state index contributed by atoms with van der Waals surface area (Å²) in [6.45, 7) is 1.55. The van der Waals surface area contributed by atoms with Crippen LogP contribution in [0.15, 0.2) is 18.2 Å². The molecule has 1 aromatic carbocycles. The lowest BCUT2D eigenvalue weighted by Gasteiger charge is -1.97. The lowest BCUT2D eigenvalue weighted by atomic mass is 10.2. The first kappa shape index (κ1) is 9.15. The fourth-order valence-electron chi connectivity index (χ4n) is 1.41. The minimum Gasteiger partial charge on any atom is -0.387 e. The fourth-order valence-corrected chi connectivity index (χ4v) is 1.41. The summed E-state index contributed by atoms with van der Waals surface area (Å²) in [6, 6.07) is 3.57. The number of rotatable bonds is 1. The Labute approximate surface area is 79.2 Å². The van der Waals surface area contributed by atoms with Crippen LogP contribution >= 0.6 is 0 Å². The maximum Gasteiger partial charge on any atom is 0.150 e. The van der Waals surface area contributed by atoms with Crippen LogP contribution in [0.3, 0.4) is 0 Å². The number of nitrogens with one attached hydrogen (secondary N) is 1. The van der Waals surface area contributed by atoms with Gasteiger partial charge in [-0.2, -0.15) is 0 Å². The van der Waals surface area contributed by atoms with Gasteiger partial charge in [0.15, 0.2) is 0 Å². The van der Waals surface area contributed by atoms with Gasteiger partial charge in [0.25, 0.3) is 0 Å². The van der Waals surface area contributed by atoms with E-state index < -0.39 is 17.7 Å². The van der Waals surface area contributed by atoms with E-state index in [0.29, 0.717) is 11.1 Å². The van der Waals surface area contributed by atoms with Gasteiger partial charge in [0.1, 0.15) is 11.6 Å². The number of aromatic amines is 1. The van der Waals surface area contributed by atoms with Crippen LogP contribution in [0.2, 0.25) is 0 Å². The number of hydrogen-bond acceptors (Lipinski definition) is 1. The Morgan fingerprint density at radius 3 is 2.64 bits per heavy atom. The van der Waals surface area contributed by atoms with Crippen molar-refractivity contribution < 1.29 is 13.9 Å². The molecule has 2 nitrogen and oxygen atoms in total. The molecule has 0 bridgehead atoms. The van der Waals surface area contributed by atoms with Crippen molar-refractivity contribution in [3.8, 4) is 0 Å². The molecule has 74 valence electrons. The van der Waals surface area contributed by atoms with E-state index in [1.54, 1.807) is 6.92 Å². The summed E-state index contributed by atoms with van der Waals surface area (Å²) in [6.07, 6.45) is -0.718. The number of halogens is 2. The Morgan fingerprint density at radius 1 is 1.29 bits per heavy atom. The van der Waals surface area contributed by atoms with Gasteiger partial charge in [-0.15, -0.1) is 0 Å². The highest BCUT2D eigenvalue weighted by Crippen LogP contribution is 2.23. The Morgan fingerprint density at radius 2 is 2.00 bits per heavy atom. The van der Waals surface area contributed by atoms with Gasteiger partial charge in [0.05, 0.1) is 11.6 Å². The smallest absolute Gasteiger partial charge is 0.150 e. The molecule has 0 aliphatic carbocycles. The van der Waals surface area contributed by atoms with Crippen LogP contribution < -0.4 is 0 Å². The molecule has 1 atom stereocenters. The Bertz CT molecular complexity index is 476. The van der Waals surface area contributed by atoms with E-state index >= 15 is 0 Å². The first-order chi connectivity index (χ1) is 6.58. The highest BCUT2D eigenvalue weighted by atomic mass is 19.1. The third-order valence-corrected chi connectivity index (χ3v) is 2.12. The second-order valence-electron chi connectivity index (χ2n) is 3.25. The molecule has 2 rings (SSSR count). The van der Waals surface area contributed by atoms with Gasteiger partial charge in [-0.05, 0) is 19.1 Å². The largest absolute Gasteiger partial charge is 0.387 e. The summed E-state index contributed by atoms with van der Waals surface area (Å²) < 4.78 is 26.0. The highest BCUT2D eigenvalue weighted by Gasteiger charge is 2.10. The maximum absolute atomic E-state index is 13.2. The van der Waals surface area contributed by atoms with E-state index in [4.69, 9.17) is 0 Å². The van der Waals surface area contributed by atoms with Crippen molar-refractivity contribution in [1.82, 2.24) is 4.98 Å². The lowest BCUT2D eigenvalue weighted by molar-refractivity contribution is 0.195. The van der Waals surface area contributed by atoms with Crippen molar-refractivity contribution in [1.29, 1.82) is 0 Å². The summed E-state index contributed by atoms with van der Waals surface area (Å²) >= 11 is 0. The van der Waals surface area contributed by atoms with E-state index in [1.165, 1.54) is 12.1 Å². The molecular formula is C10H9F2NO. The van der Waals surface area contributed by atoms with Crippen molar-refractivity contribution in [3.63, 3.8) is 0 Å². The normalized spacial score (nSPS) is 13.4. The Hall–Kier alpha value is -1.42. The quantitative estimate of drug-likeness (QED) is 0.723. The zero-order chi connectivity index (χ0) is 10.3. The molecule has 0 amide bonds. The number of aliphatic hydroxyl groups is 1. The SMILES string of the molecule is CC(O)c1cc2cc(F)cc(F)c2[nH]1. The molecule has 0 aliphatic heterocycles. The van der Waals surface area contributed by atoms with Crippen LogP contribution in [-0.4, -0.2) is 10.1 Å². The topological polar surface area (TPSA) is 36.0 Å². The van der Waals surface area contributed by atoms with Crippen molar-refractivity contribution in [3.05, 3.63) is 35.5 Å². The summed E-state index contributed by atoms with van der Waals surface area (Å²) in [7, 11) is 0. The molecule has 1 aromatic heterocycles. The van der Waals surface area contributed by atoms with Crippen LogP contribution in [-0.2, 0) is 0 Å². The minimum absolute atomic E-state index is 0.224. The number of H-pyrrole nitrogens is 1. The summed E-state index contributed by atoms with van der Waals surface area (Å²) in [4.78, 5) is 2.70. The molecule has 1 unspecified atom stereocenters. The zero-order valence-electron chi connectivity index (χ0n) is 7.51. The number of benzene rings is 1. The number of aliphatic hydroxyl groups excluding tert-OH is 1. The first-order valence-electron chi connectivity index (χ1n) is 4.23. The van der Waals surface area contributed by atoms with Crippen molar-refractivity contribution >= 4 is 10.9 Å². The molecule has 4 heteroatoms. The van der Waals surface area contributed by atoms with Crippen molar-refractivity contribution in [2.75, 3.05) is 0 Å². The maximum atomic E-state index is 13.2. The van der Waals surface area contributed by atoms with Crippen LogP contribution in [0, 0.1) is 11.6 Å². The Kier molecular flexibility index (Phi) is 2.00. The van der Waals surface area contributed by atoms with Crippen molar-refractivity contribution in [2.24, 2.45) is 0 Å². The van der Waals surface area contributed by atoms with E-state index in [2.05, 4.69) is 4.98 Å². The van der Waals surface area contributed by atoms with Crippen molar-refractivity contribution in [2.45, 2.75) is 13.0 Å². The molecular weight excluding hydrogens is 188 g/mol. The number of hydrogen-bond donors (Lipinski definition) is 2. The molecule has 0 aliphatic rings. The molecule has 14 heavy (non-hydrogen) atoms. The molecule has 0 saturated carbocycles. The standard InChI is InChI=1S/C10H9F2NO/c1-5(14)9-3-6-2-7(11)4-8(12)10(6)13-9/h2-5,13-14H,1H3. The zero-order valence-corrected chi connectivity index (χ0v) is 7.51. The Balaban J connectivity index is 2.70. The van der Waals surface area contributed by atoms with Gasteiger partial charge in [-0.1, -0.05) is 0 Å². The van der Waals surface area contributed by atoms with Crippen LogP contribution in [0.25, 0.3) is 10.9 Å². The van der Waals surface area contributed by atoms with Gasteiger partial charge in [0.2, 0.25) is 0 Å². The molecule has 2 N–H and O–H groups in total.